The maximum atomic E-state index is 14.2. The quantitative estimate of drug-likeness (QED) is 0.477. The third-order valence-corrected chi connectivity index (χ3v) is 6.70. The molecule has 2 aliphatic rings. The molecular formula is C25H27FN6O3. The topological polar surface area (TPSA) is 125 Å². The second kappa shape index (κ2) is 8.91. The fourth-order valence-electron chi connectivity index (χ4n) is 4.67. The minimum Gasteiger partial charge on any atom is -0.387 e. The summed E-state index contributed by atoms with van der Waals surface area (Å²) in [6.45, 7) is 2.39. The molecule has 9 nitrogen and oxygen atoms in total. The maximum Gasteiger partial charge on any atom is 0.255 e. The zero-order valence-corrected chi connectivity index (χ0v) is 19.5. The molecule has 5 heterocycles. The van der Waals surface area contributed by atoms with Crippen molar-refractivity contribution in [2.75, 3.05) is 11.9 Å². The van der Waals surface area contributed by atoms with Crippen LogP contribution in [0.3, 0.4) is 0 Å². The molecule has 3 aromatic rings. The summed E-state index contributed by atoms with van der Waals surface area (Å²) in [4.78, 5) is 17.5. The lowest BCUT2D eigenvalue weighted by atomic mass is 9.95. The van der Waals surface area contributed by atoms with E-state index in [2.05, 4.69) is 26.8 Å². The van der Waals surface area contributed by atoms with Crippen molar-refractivity contribution in [2.45, 2.75) is 63.1 Å². The average Bonchev–Trinajstić information content (AvgIpc) is 3.57. The van der Waals surface area contributed by atoms with Crippen molar-refractivity contribution in [2.24, 2.45) is 0 Å². The van der Waals surface area contributed by atoms with Crippen molar-refractivity contribution < 1.29 is 19.0 Å². The number of amides is 1. The van der Waals surface area contributed by atoms with Crippen LogP contribution in [0.2, 0.25) is 0 Å². The van der Waals surface area contributed by atoms with Gasteiger partial charge in [0, 0.05) is 6.20 Å². The molecule has 2 fully saturated rings. The van der Waals surface area contributed by atoms with Gasteiger partial charge in [0.2, 0.25) is 0 Å². The highest BCUT2D eigenvalue weighted by Crippen LogP contribution is 2.37. The second-order valence-electron chi connectivity index (χ2n) is 9.72. The Hall–Kier alpha value is -3.55. The zero-order chi connectivity index (χ0) is 24.7. The first-order chi connectivity index (χ1) is 16.7. The summed E-state index contributed by atoms with van der Waals surface area (Å²) in [5.74, 6) is -0.487. The fraction of sp³-hybridized carbons (Fsp3) is 0.440. The molecule has 10 heteroatoms. The SMILES string of the molecule is CC(C)(O)[C@H](F)CNC(=O)c1cnc(-c2ccc3cc(C#N)cnn23)cc1NC1C[C@H]2CC[C@@H]1O2. The molecule has 0 aromatic carbocycles. The van der Waals surface area contributed by atoms with Gasteiger partial charge in [-0.1, -0.05) is 0 Å². The summed E-state index contributed by atoms with van der Waals surface area (Å²) >= 11 is 0. The monoisotopic (exact) mass is 478 g/mol. The van der Waals surface area contributed by atoms with Crippen LogP contribution in [-0.2, 0) is 4.74 Å². The Bertz CT molecular complexity index is 1310. The van der Waals surface area contributed by atoms with Crippen LogP contribution in [0.5, 0.6) is 0 Å². The normalized spacial score (nSPS) is 22.2. The molecule has 4 atom stereocenters. The van der Waals surface area contributed by atoms with E-state index >= 15 is 0 Å². The number of ether oxygens (including phenoxy) is 1. The molecule has 1 amide bonds. The van der Waals surface area contributed by atoms with Gasteiger partial charge in [0.05, 0.1) is 70.3 Å². The summed E-state index contributed by atoms with van der Waals surface area (Å²) in [6.07, 6.45) is 4.49. The standard InChI is InChI=1S/C25H27FN6O3/c1-25(2,34)23(26)13-29-24(33)17-12-28-19(9-18(17)31-20-8-16-4-6-22(20)35-16)21-5-3-15-7-14(10-27)11-30-32(15)21/h3,5,7,9,11-12,16,20,22-23,34H,4,6,8,13H2,1-2H3,(H,28,31)(H,29,33)/t16-,20?,22+,23-/m1/s1. The molecule has 0 saturated carbocycles. The van der Waals surface area contributed by atoms with E-state index in [1.807, 2.05) is 12.1 Å². The van der Waals surface area contributed by atoms with Gasteiger partial charge in [0.25, 0.3) is 5.91 Å². The molecule has 3 aromatic heterocycles. The molecular weight excluding hydrogens is 451 g/mol. The van der Waals surface area contributed by atoms with E-state index in [9.17, 15) is 14.3 Å². The summed E-state index contributed by atoms with van der Waals surface area (Å²) in [5, 5.41) is 29.4. The van der Waals surface area contributed by atoms with Crippen LogP contribution in [0.15, 0.2) is 36.7 Å². The highest BCUT2D eigenvalue weighted by molar-refractivity contribution is 6.00. The number of carbonyl (C=O) groups excluding carboxylic acids is 1. The van der Waals surface area contributed by atoms with Crippen LogP contribution < -0.4 is 10.6 Å². The Morgan fingerprint density at radius 2 is 2.20 bits per heavy atom. The predicted molar refractivity (Wildman–Crippen MR) is 127 cm³/mol. The third kappa shape index (κ3) is 4.57. The van der Waals surface area contributed by atoms with Gasteiger partial charge in [0.1, 0.15) is 12.2 Å². The van der Waals surface area contributed by atoms with Gasteiger partial charge in [-0.15, -0.1) is 0 Å². The molecule has 1 unspecified atom stereocenters. The number of anilines is 1. The maximum absolute atomic E-state index is 14.2. The molecule has 2 bridgehead atoms. The lowest BCUT2D eigenvalue weighted by molar-refractivity contribution is -0.00177. The van der Waals surface area contributed by atoms with Crippen LogP contribution in [0.1, 0.15) is 49.0 Å². The lowest BCUT2D eigenvalue weighted by Crippen LogP contribution is -2.42. The van der Waals surface area contributed by atoms with E-state index in [-0.39, 0.29) is 30.4 Å². The summed E-state index contributed by atoms with van der Waals surface area (Å²) in [6, 6.07) is 9.36. The van der Waals surface area contributed by atoms with Crippen LogP contribution >= 0.6 is 0 Å². The van der Waals surface area contributed by atoms with E-state index in [0.29, 0.717) is 22.6 Å². The highest BCUT2D eigenvalue weighted by Gasteiger charge is 2.41. The Morgan fingerprint density at radius 3 is 2.89 bits per heavy atom. The highest BCUT2D eigenvalue weighted by atomic mass is 19.1. The Kier molecular flexibility index (Phi) is 5.91. The minimum absolute atomic E-state index is 0.0567. The number of aliphatic hydroxyl groups is 1. The van der Waals surface area contributed by atoms with Crippen LogP contribution in [0, 0.1) is 11.3 Å². The summed E-state index contributed by atoms with van der Waals surface area (Å²) in [5.41, 5.74) is 1.78. The summed E-state index contributed by atoms with van der Waals surface area (Å²) in [7, 11) is 0. The van der Waals surface area contributed by atoms with E-state index < -0.39 is 17.7 Å². The van der Waals surface area contributed by atoms with Gasteiger partial charge in [-0.2, -0.15) is 10.4 Å². The lowest BCUT2D eigenvalue weighted by Gasteiger charge is -2.24. The van der Waals surface area contributed by atoms with Crippen LogP contribution in [-0.4, -0.2) is 62.2 Å². The number of pyridine rings is 1. The Morgan fingerprint density at radius 1 is 1.37 bits per heavy atom. The van der Waals surface area contributed by atoms with Gasteiger partial charge >= 0.3 is 0 Å². The van der Waals surface area contributed by atoms with Crippen molar-refractivity contribution in [3.05, 3.63) is 47.8 Å². The van der Waals surface area contributed by atoms with Gasteiger partial charge in [0.15, 0.2) is 0 Å². The van der Waals surface area contributed by atoms with Crippen LogP contribution in [0.25, 0.3) is 16.9 Å². The first kappa shape index (κ1) is 23.2. The third-order valence-electron chi connectivity index (χ3n) is 6.70. The van der Waals surface area contributed by atoms with E-state index in [1.54, 1.807) is 16.6 Å². The number of hydrogen-bond acceptors (Lipinski definition) is 7. The van der Waals surface area contributed by atoms with Crippen LogP contribution in [0.4, 0.5) is 10.1 Å². The van der Waals surface area contributed by atoms with Gasteiger partial charge < -0.3 is 20.5 Å². The first-order valence-electron chi connectivity index (χ1n) is 11.7. The molecule has 3 N–H and O–H groups in total. The number of nitrogens with zero attached hydrogens (tertiary/aromatic N) is 4. The largest absolute Gasteiger partial charge is 0.387 e. The van der Waals surface area contributed by atoms with Gasteiger partial charge in [-0.25, -0.2) is 8.91 Å². The molecule has 182 valence electrons. The van der Waals surface area contributed by atoms with Crippen molar-refractivity contribution >= 4 is 17.1 Å². The number of halogens is 1. The molecule has 35 heavy (non-hydrogen) atoms. The molecule has 0 aliphatic carbocycles. The number of hydrogen-bond donors (Lipinski definition) is 3. The summed E-state index contributed by atoms with van der Waals surface area (Å²) < 4.78 is 21.9. The van der Waals surface area contributed by atoms with Crippen molar-refractivity contribution in [3.8, 4) is 17.5 Å². The minimum atomic E-state index is -1.62. The number of fused-ring (bicyclic) bond motifs is 3. The van der Waals surface area contributed by atoms with E-state index in [1.165, 1.54) is 26.2 Å². The molecule has 2 aliphatic heterocycles. The molecule has 0 spiro atoms. The number of rotatable bonds is 7. The molecule has 2 saturated heterocycles. The number of nitriles is 1. The van der Waals surface area contributed by atoms with E-state index in [0.717, 1.165) is 24.8 Å². The zero-order valence-electron chi connectivity index (χ0n) is 19.5. The number of nitrogens with one attached hydrogen (secondary N) is 2. The number of carbonyl (C=O) groups is 1. The van der Waals surface area contributed by atoms with Gasteiger partial charge in [-0.3, -0.25) is 9.78 Å². The second-order valence-corrected chi connectivity index (χ2v) is 9.72. The van der Waals surface area contributed by atoms with E-state index in [4.69, 9.17) is 10.00 Å². The fourth-order valence-corrected chi connectivity index (χ4v) is 4.67. The van der Waals surface area contributed by atoms with Gasteiger partial charge in [-0.05, 0) is 57.4 Å². The first-order valence-corrected chi connectivity index (χ1v) is 11.7. The van der Waals surface area contributed by atoms with Crippen molar-refractivity contribution in [3.63, 3.8) is 0 Å². The smallest absolute Gasteiger partial charge is 0.255 e. The average molecular weight is 479 g/mol. The molecule has 0 radical (unpaired) electrons. The number of alkyl halides is 1. The van der Waals surface area contributed by atoms with Crippen molar-refractivity contribution in [1.29, 1.82) is 5.26 Å². The number of aromatic nitrogens is 3. The van der Waals surface area contributed by atoms with Crippen molar-refractivity contribution in [1.82, 2.24) is 19.9 Å². The Balaban J connectivity index is 1.46. The predicted octanol–water partition coefficient (Wildman–Crippen LogP) is 2.84. The molecule has 5 rings (SSSR count). The Labute approximate surface area is 201 Å².